The van der Waals surface area contributed by atoms with Gasteiger partial charge in [-0.1, -0.05) is 94.3 Å². The molecule has 9 aromatic rings. The first-order chi connectivity index (χ1) is 68.5. The van der Waals surface area contributed by atoms with Crippen molar-refractivity contribution in [2.24, 2.45) is 0 Å². The number of fused-ring (bicyclic) bond motifs is 2. The molecule has 15 rings (SSSR count). The maximum Gasteiger partial charge on any atom is 1.00 e. The van der Waals surface area contributed by atoms with Crippen LogP contribution in [0.4, 0.5) is 40.3 Å². The number of hydrogen-bond donors (Lipinski definition) is 6. The number of carbonyl (C=O) groups excluding carboxylic acids is 12. The molecule has 5 saturated heterocycles. The Hall–Kier alpha value is -13.9. The van der Waals surface area contributed by atoms with Crippen molar-refractivity contribution in [1.82, 2.24) is 69.8 Å². The summed E-state index contributed by atoms with van der Waals surface area (Å²) < 4.78 is 105. The number of piperazine rings is 5. The quantitative estimate of drug-likeness (QED) is 0.0262. The fraction of sp³-hybridized carbons (Fsp3) is 0.390. The molecule has 0 spiro atoms. The van der Waals surface area contributed by atoms with Crippen molar-refractivity contribution in [3.8, 4) is 5.75 Å². The standard InChI is InChI=1S/C21H22FN3O4.C18H14FN3O3.C16H21FN2O3.C11H13FN2O.C10H11NO4.C9H16N2O3.C8H9Br.C4H8N2O.C2HF3O2.CH3O.Na/c1-14(2)29-21(28)19-17(4-3-9-23-19)20(27)25-11-10-24(18(26)13-25)12-15-5-7-16(22)8-6-15;19-12-5-3-11(4-6-12)10-21-8-9-22-15(18(21)25)16(23)14-13(17(22)24)2-1-7-20-14;1-16(2,3)22-15(21)19-9-8-18(14(20)11-19)10-12-4-6-13(17)7-5-12;12-10-3-1-9(2-4-10)8-14-6-5-13-7-11(14)15;1-6(2)15-10(14)8-7(9(12)13)4-3-5-11-8;1-9(2,3)14-8(13)11-5-4-10-7(12)6-11;1-7-2-4-8(6-9)5-3-7;7-4-3-5-1-2-6-4;3-2(4,5)1(6)7;1-2;/h3-9,14H,10-13H2,1-2H3;1-7,23H,8-10H2;4-7H,8-11H2,1-3H3;1-4,13H,5-8H2;3-6H,1-2H3,(H,12,13);4-6H2,1-3H3,(H,10,12);2-5H,6H2,1H3;5H,1-3H2,(H,6,7);(H,6,7);1H3;/q;;;;;;;;;-1;+1. The van der Waals surface area contributed by atoms with Gasteiger partial charge >= 0.3 is 65.8 Å². The second-order valence-electron chi connectivity index (χ2n) is 34.8. The van der Waals surface area contributed by atoms with Crippen molar-refractivity contribution >= 4 is 104 Å². The van der Waals surface area contributed by atoms with E-state index in [9.17, 15) is 98.2 Å². The van der Waals surface area contributed by atoms with Crippen LogP contribution in [-0.2, 0) is 85.8 Å². The van der Waals surface area contributed by atoms with Crippen LogP contribution in [0, 0.1) is 30.2 Å². The summed E-state index contributed by atoms with van der Waals surface area (Å²) in [6, 6.07) is 41.7. The number of aromatic hydroxyl groups is 1. The van der Waals surface area contributed by atoms with Crippen LogP contribution in [0.25, 0.3) is 10.9 Å². The molecule has 782 valence electrons. The zero-order valence-corrected chi connectivity index (χ0v) is 86.6. The number of aromatic nitrogens is 4. The Balaban J connectivity index is 0.000000298. The number of aromatic carboxylic acids is 1. The Labute approximate surface area is 868 Å². The number of nitrogens with one attached hydrogen (secondary N) is 3. The minimum Gasteiger partial charge on any atom is -0.857 e. The smallest absolute Gasteiger partial charge is 0.857 e. The average Bonchev–Trinajstić information content (AvgIpc) is 0.745. The summed E-state index contributed by atoms with van der Waals surface area (Å²) in [5.74, 6) is -8.23. The summed E-state index contributed by atoms with van der Waals surface area (Å²) in [7, 11) is 0.750. The molecular formula is C100H118BrF7N15NaO22. The number of carboxylic acid groups (broad SMARTS) is 2. The molecule has 5 fully saturated rings. The largest absolute Gasteiger partial charge is 1.00 e. The number of alkyl halides is 4. The topological polar surface area (TPSA) is 481 Å². The Morgan fingerprint density at radius 2 is 0.890 bits per heavy atom. The second-order valence-corrected chi connectivity index (χ2v) is 35.4. The molecule has 37 nitrogen and oxygen atoms in total. The monoisotopic (exact) mass is 2120 g/mol. The zero-order valence-electron chi connectivity index (χ0n) is 83.0. The molecule has 7 N–H and O–H groups in total. The molecule has 0 radical (unpaired) electrons. The van der Waals surface area contributed by atoms with Gasteiger partial charge in [0.05, 0.1) is 48.4 Å². The summed E-state index contributed by atoms with van der Waals surface area (Å²) in [4.78, 5) is 185. The van der Waals surface area contributed by atoms with Crippen molar-refractivity contribution < 1.29 is 167 Å². The molecule has 10 heterocycles. The number of nitrogens with zero attached hydrogens (tertiary/aromatic N) is 11. The van der Waals surface area contributed by atoms with Gasteiger partial charge in [0.2, 0.25) is 23.6 Å². The van der Waals surface area contributed by atoms with E-state index >= 15 is 0 Å². The van der Waals surface area contributed by atoms with Crippen molar-refractivity contribution in [2.45, 2.75) is 144 Å². The SMILES string of the molecule is CC(C)(C)OC(=O)N1CCN(Cc2ccc(F)cc2)C(=O)C1.CC(C)(C)OC(=O)N1CCNC(=O)C1.CC(C)OC(=O)c1ncccc1C(=O)N1CCN(Cc2ccc(F)cc2)C(=O)C1.CC(C)OC(=O)c1ncccc1C(=O)O.C[O-].Cc1ccc(CBr)cc1.O=C([O-])C(F)(F)F.O=C1CNCCN1.O=C1C[NH2+]CCN1Cc1ccc(F)cc1.O=C1c2c(O)c3ncccc3c(=O)n2CCN1Cc1ccc(F)cc1.[Na+]. The predicted octanol–water partition coefficient (Wildman–Crippen LogP) is 4.88. The van der Waals surface area contributed by atoms with Crippen LogP contribution in [0.1, 0.15) is 155 Å². The number of carboxylic acids is 2. The van der Waals surface area contributed by atoms with E-state index in [0.29, 0.717) is 78.5 Å². The van der Waals surface area contributed by atoms with Crippen molar-refractivity contribution in [2.75, 3.05) is 112 Å². The summed E-state index contributed by atoms with van der Waals surface area (Å²) >= 11 is 3.38. The Morgan fingerprint density at radius 1 is 0.493 bits per heavy atom. The molecule has 5 aromatic carbocycles. The van der Waals surface area contributed by atoms with Gasteiger partial charge in [-0.15, -0.1) is 0 Å². The molecule has 46 heteroatoms. The van der Waals surface area contributed by atoms with E-state index in [2.05, 4.69) is 78.0 Å². The van der Waals surface area contributed by atoms with Gasteiger partial charge in [0.15, 0.2) is 29.4 Å². The first kappa shape index (κ1) is 123. The van der Waals surface area contributed by atoms with E-state index in [-0.39, 0.29) is 178 Å². The fourth-order valence-electron chi connectivity index (χ4n) is 13.4. The number of quaternary nitrogens is 1. The summed E-state index contributed by atoms with van der Waals surface area (Å²) in [6.07, 6.45) is -2.51. The number of carbonyl (C=O) groups is 13. The molecule has 9 amide bonds. The van der Waals surface area contributed by atoms with E-state index in [0.717, 1.165) is 60.9 Å². The predicted molar refractivity (Wildman–Crippen MR) is 514 cm³/mol. The molecule has 0 saturated carbocycles. The number of aryl methyl sites for hydroxylation is 1. The molecule has 146 heavy (non-hydrogen) atoms. The van der Waals surface area contributed by atoms with Gasteiger partial charge in [-0.25, -0.2) is 51.5 Å². The van der Waals surface area contributed by atoms with Crippen molar-refractivity contribution in [1.29, 1.82) is 0 Å². The Kier molecular flexibility index (Phi) is 50.5. The number of hydrogen-bond acceptors (Lipinski definition) is 25. The molecular weight excluding hydrogens is 2000 g/mol. The van der Waals surface area contributed by atoms with E-state index in [4.69, 9.17) is 39.1 Å². The minimum atomic E-state index is -5.19. The molecule has 0 unspecified atom stereocenters. The van der Waals surface area contributed by atoms with Gasteiger partial charge in [-0.3, -0.25) is 57.7 Å². The normalized spacial score (nSPS) is 14.3. The fourth-order valence-corrected chi connectivity index (χ4v) is 13.8. The third-order valence-electron chi connectivity index (χ3n) is 20.3. The second kappa shape index (κ2) is 60.2. The maximum atomic E-state index is 13.0. The van der Waals surface area contributed by atoms with E-state index in [1.807, 2.05) is 10.2 Å². The van der Waals surface area contributed by atoms with E-state index in [1.54, 1.807) is 146 Å². The third kappa shape index (κ3) is 42.1. The molecule has 6 aliphatic heterocycles. The van der Waals surface area contributed by atoms with Gasteiger partial charge in [0.1, 0.15) is 65.6 Å². The molecule has 6 aliphatic rings. The van der Waals surface area contributed by atoms with Crippen LogP contribution in [0.15, 0.2) is 181 Å². The van der Waals surface area contributed by atoms with Gasteiger partial charge in [-0.05, 0) is 189 Å². The minimum absolute atomic E-state index is 0. The number of esters is 2. The molecule has 0 bridgehead atoms. The number of nitrogens with two attached hydrogens (primary N) is 1. The average molecular weight is 2120 g/mol. The Bertz CT molecular complexity index is 5920. The van der Waals surface area contributed by atoms with Crippen LogP contribution in [0.3, 0.4) is 0 Å². The molecule has 0 atom stereocenters. The zero-order chi connectivity index (χ0) is 108. The van der Waals surface area contributed by atoms with Crippen LogP contribution in [0.5, 0.6) is 5.75 Å². The summed E-state index contributed by atoms with van der Waals surface area (Å²) in [5, 5.41) is 47.8. The number of pyridine rings is 4. The number of ether oxygens (including phenoxy) is 4. The maximum absolute atomic E-state index is 13.0. The van der Waals surface area contributed by atoms with Crippen LogP contribution < -0.4 is 66.6 Å². The van der Waals surface area contributed by atoms with Crippen LogP contribution in [-0.4, -0.2) is 283 Å². The Morgan fingerprint density at radius 3 is 1.29 bits per heavy atom. The number of halogens is 8. The summed E-state index contributed by atoms with van der Waals surface area (Å²) in [6.45, 7) is 28.8. The van der Waals surface area contributed by atoms with Crippen molar-refractivity contribution in [3.63, 3.8) is 0 Å². The molecule has 4 aromatic heterocycles. The summed E-state index contributed by atoms with van der Waals surface area (Å²) in [5.41, 5.74) is 4.44. The van der Waals surface area contributed by atoms with Crippen molar-refractivity contribution in [3.05, 3.63) is 272 Å². The first-order valence-corrected chi connectivity index (χ1v) is 46.6. The number of rotatable bonds is 15. The molecule has 0 aliphatic carbocycles. The first-order valence-electron chi connectivity index (χ1n) is 45.5. The number of aliphatic carboxylic acids is 1. The third-order valence-corrected chi connectivity index (χ3v) is 21.0. The van der Waals surface area contributed by atoms with Gasteiger partial charge in [0.25, 0.3) is 23.3 Å². The number of amides is 9. The number of benzene rings is 5. The van der Waals surface area contributed by atoms with Gasteiger partial charge < -0.3 is 89.9 Å². The van der Waals surface area contributed by atoms with Crippen LogP contribution >= 0.6 is 15.9 Å². The van der Waals surface area contributed by atoms with Gasteiger partial charge in [0, 0.05) is 116 Å². The van der Waals surface area contributed by atoms with Crippen LogP contribution in [0.2, 0.25) is 0 Å². The van der Waals surface area contributed by atoms with E-state index < -0.39 is 65.3 Å². The van der Waals surface area contributed by atoms with Gasteiger partial charge in [-0.2, -0.15) is 20.3 Å². The van der Waals surface area contributed by atoms with E-state index in [1.165, 1.54) is 121 Å².